The lowest BCUT2D eigenvalue weighted by molar-refractivity contribution is 0.204. The van der Waals surface area contributed by atoms with E-state index in [9.17, 15) is 5.21 Å². The highest BCUT2D eigenvalue weighted by Gasteiger charge is 2.15. The molecule has 0 fully saturated rings. The van der Waals surface area contributed by atoms with Gasteiger partial charge in [0.15, 0.2) is 0 Å². The fourth-order valence-electron chi connectivity index (χ4n) is 2.13. The first kappa shape index (κ1) is 17.9. The van der Waals surface area contributed by atoms with Gasteiger partial charge in [0, 0.05) is 13.1 Å². The SMILES string of the molecule is C=C/C=C\CC(CC)N(C)C(=Nc1cccc(CO)c1)NO. The molecule has 0 saturated heterocycles. The first-order valence-corrected chi connectivity index (χ1v) is 7.35. The van der Waals surface area contributed by atoms with Crippen molar-refractivity contribution < 1.29 is 10.3 Å². The summed E-state index contributed by atoms with van der Waals surface area (Å²) < 4.78 is 0. The van der Waals surface area contributed by atoms with Crippen molar-refractivity contribution in [3.8, 4) is 0 Å². The normalized spacial score (nSPS) is 13.2. The molecular formula is C17H25N3O2. The zero-order valence-electron chi connectivity index (χ0n) is 13.2. The van der Waals surface area contributed by atoms with Gasteiger partial charge in [0.25, 0.3) is 0 Å². The second-order valence-electron chi connectivity index (χ2n) is 4.95. The van der Waals surface area contributed by atoms with E-state index < -0.39 is 0 Å². The van der Waals surface area contributed by atoms with Crippen LogP contribution in [0.1, 0.15) is 25.3 Å². The topological polar surface area (TPSA) is 68.1 Å². The molecule has 0 aliphatic heterocycles. The summed E-state index contributed by atoms with van der Waals surface area (Å²) in [6.07, 6.45) is 7.43. The van der Waals surface area contributed by atoms with Crippen molar-refractivity contribution in [1.82, 2.24) is 10.4 Å². The van der Waals surface area contributed by atoms with Crippen LogP contribution in [0.15, 0.2) is 54.1 Å². The van der Waals surface area contributed by atoms with E-state index in [1.165, 1.54) is 0 Å². The first-order chi connectivity index (χ1) is 10.7. The molecule has 22 heavy (non-hydrogen) atoms. The van der Waals surface area contributed by atoms with Gasteiger partial charge in [-0.05, 0) is 30.5 Å². The van der Waals surface area contributed by atoms with Crippen molar-refractivity contribution in [1.29, 1.82) is 0 Å². The maximum atomic E-state index is 9.39. The second kappa shape index (κ2) is 9.76. The van der Waals surface area contributed by atoms with Gasteiger partial charge in [-0.25, -0.2) is 10.5 Å². The van der Waals surface area contributed by atoms with Gasteiger partial charge in [0.05, 0.1) is 12.3 Å². The van der Waals surface area contributed by atoms with Crippen LogP contribution in [-0.2, 0) is 6.61 Å². The van der Waals surface area contributed by atoms with E-state index in [0.29, 0.717) is 11.6 Å². The molecule has 1 unspecified atom stereocenters. The van der Waals surface area contributed by atoms with Crippen LogP contribution in [0, 0.1) is 0 Å². The minimum absolute atomic E-state index is 0.0367. The minimum Gasteiger partial charge on any atom is -0.392 e. The smallest absolute Gasteiger partial charge is 0.223 e. The van der Waals surface area contributed by atoms with Gasteiger partial charge in [0.1, 0.15) is 0 Å². The maximum absolute atomic E-state index is 9.39. The van der Waals surface area contributed by atoms with Crippen molar-refractivity contribution in [3.05, 3.63) is 54.6 Å². The molecule has 3 N–H and O–H groups in total. The van der Waals surface area contributed by atoms with Crippen molar-refractivity contribution in [2.24, 2.45) is 4.99 Å². The Balaban J connectivity index is 2.93. The van der Waals surface area contributed by atoms with Gasteiger partial charge in [-0.15, -0.1) is 0 Å². The molecule has 1 aromatic carbocycles. The van der Waals surface area contributed by atoms with Crippen molar-refractivity contribution in [2.75, 3.05) is 7.05 Å². The van der Waals surface area contributed by atoms with Crippen LogP contribution in [0.4, 0.5) is 5.69 Å². The molecule has 0 aliphatic rings. The number of aliphatic imine (C=N–C) groups is 1. The molecule has 0 heterocycles. The number of allylic oxidation sites excluding steroid dienone is 2. The van der Waals surface area contributed by atoms with Crippen LogP contribution in [-0.4, -0.2) is 34.3 Å². The molecule has 0 spiro atoms. The lowest BCUT2D eigenvalue weighted by Crippen LogP contribution is -2.43. The molecule has 0 aromatic heterocycles. The van der Waals surface area contributed by atoms with Crippen LogP contribution in [0.5, 0.6) is 0 Å². The Morgan fingerprint density at radius 1 is 1.50 bits per heavy atom. The first-order valence-electron chi connectivity index (χ1n) is 7.35. The summed E-state index contributed by atoms with van der Waals surface area (Å²) in [5.74, 6) is 0.369. The summed E-state index contributed by atoms with van der Waals surface area (Å²) in [5, 5.41) is 18.6. The molecule has 0 saturated carbocycles. The van der Waals surface area contributed by atoms with E-state index in [0.717, 1.165) is 18.4 Å². The number of nitrogens with one attached hydrogen (secondary N) is 1. The number of aliphatic hydroxyl groups is 1. The zero-order valence-corrected chi connectivity index (χ0v) is 13.2. The third-order valence-corrected chi connectivity index (χ3v) is 3.46. The predicted octanol–water partition coefficient (Wildman–Crippen LogP) is 2.99. The van der Waals surface area contributed by atoms with Crippen LogP contribution >= 0.6 is 0 Å². The molecule has 0 aliphatic carbocycles. The lowest BCUT2D eigenvalue weighted by atomic mass is 10.1. The predicted molar refractivity (Wildman–Crippen MR) is 90.2 cm³/mol. The quantitative estimate of drug-likeness (QED) is 0.313. The minimum atomic E-state index is -0.0367. The summed E-state index contributed by atoms with van der Waals surface area (Å²) in [6.45, 7) is 5.71. The van der Waals surface area contributed by atoms with Gasteiger partial charge in [-0.2, -0.15) is 0 Å². The average molecular weight is 303 g/mol. The van der Waals surface area contributed by atoms with E-state index in [4.69, 9.17) is 5.11 Å². The van der Waals surface area contributed by atoms with Gasteiger partial charge < -0.3 is 10.0 Å². The number of hydroxylamine groups is 1. The van der Waals surface area contributed by atoms with Crippen molar-refractivity contribution >= 4 is 11.6 Å². The van der Waals surface area contributed by atoms with Gasteiger partial charge in [-0.3, -0.25) is 5.21 Å². The van der Waals surface area contributed by atoms with Crippen molar-refractivity contribution in [2.45, 2.75) is 32.4 Å². The van der Waals surface area contributed by atoms with Gasteiger partial charge >= 0.3 is 0 Å². The lowest BCUT2D eigenvalue weighted by Gasteiger charge is -2.28. The fourth-order valence-corrected chi connectivity index (χ4v) is 2.13. The Kier molecular flexibility index (Phi) is 7.96. The van der Waals surface area contributed by atoms with Gasteiger partial charge in [-0.1, -0.05) is 43.9 Å². The second-order valence-corrected chi connectivity index (χ2v) is 4.95. The number of guanidine groups is 1. The largest absolute Gasteiger partial charge is 0.392 e. The Morgan fingerprint density at radius 3 is 2.86 bits per heavy atom. The van der Waals surface area contributed by atoms with Crippen LogP contribution in [0.2, 0.25) is 0 Å². The van der Waals surface area contributed by atoms with E-state index in [1.54, 1.807) is 12.1 Å². The fraction of sp³-hybridized carbons (Fsp3) is 0.353. The number of aliphatic hydroxyl groups excluding tert-OH is 1. The highest BCUT2D eigenvalue weighted by atomic mass is 16.5. The molecule has 120 valence electrons. The Morgan fingerprint density at radius 2 is 2.27 bits per heavy atom. The third-order valence-electron chi connectivity index (χ3n) is 3.46. The third kappa shape index (κ3) is 5.35. The molecule has 1 aromatic rings. The van der Waals surface area contributed by atoms with Gasteiger partial charge in [0.2, 0.25) is 5.96 Å². The number of nitrogens with zero attached hydrogens (tertiary/aromatic N) is 2. The Labute approximate surface area is 132 Å². The summed E-state index contributed by atoms with van der Waals surface area (Å²) >= 11 is 0. The molecule has 5 heteroatoms. The molecule has 1 rings (SSSR count). The number of rotatable bonds is 7. The monoisotopic (exact) mass is 303 g/mol. The van der Waals surface area contributed by atoms with E-state index >= 15 is 0 Å². The molecule has 0 amide bonds. The summed E-state index contributed by atoms with van der Waals surface area (Å²) in [7, 11) is 1.88. The molecular weight excluding hydrogens is 278 g/mol. The molecule has 0 radical (unpaired) electrons. The summed E-state index contributed by atoms with van der Waals surface area (Å²) in [5.41, 5.74) is 3.61. The number of hydrogen-bond acceptors (Lipinski definition) is 3. The maximum Gasteiger partial charge on any atom is 0.223 e. The standard InChI is InChI=1S/C17H25N3O2/c1-4-6-7-11-16(5-2)20(3)17(19-22)18-15-10-8-9-14(12-15)13-21/h4,6-10,12,16,21-22H,1,5,11,13H2,2-3H3,(H,18,19)/b7-6-. The van der Waals surface area contributed by atoms with Crippen LogP contribution in [0.3, 0.4) is 0 Å². The molecule has 5 nitrogen and oxygen atoms in total. The van der Waals surface area contributed by atoms with Crippen molar-refractivity contribution in [3.63, 3.8) is 0 Å². The van der Waals surface area contributed by atoms with Crippen LogP contribution < -0.4 is 5.48 Å². The molecule has 0 bridgehead atoms. The highest BCUT2D eigenvalue weighted by molar-refractivity contribution is 5.81. The number of benzene rings is 1. The van der Waals surface area contributed by atoms with E-state index in [2.05, 4.69) is 24.0 Å². The number of hydrogen-bond donors (Lipinski definition) is 3. The van der Waals surface area contributed by atoms with E-state index in [1.807, 2.05) is 42.3 Å². The summed E-state index contributed by atoms with van der Waals surface area (Å²) in [4.78, 5) is 6.31. The highest BCUT2D eigenvalue weighted by Crippen LogP contribution is 2.16. The van der Waals surface area contributed by atoms with E-state index in [-0.39, 0.29) is 12.6 Å². The Bertz CT molecular complexity index is 526. The summed E-state index contributed by atoms with van der Waals surface area (Å²) in [6, 6.07) is 7.45. The zero-order chi connectivity index (χ0) is 16.4. The molecule has 1 atom stereocenters. The van der Waals surface area contributed by atoms with Crippen LogP contribution in [0.25, 0.3) is 0 Å². The average Bonchev–Trinajstić information content (AvgIpc) is 2.56. The Hall–Kier alpha value is -2.11.